The molecule has 1 saturated carbocycles. The number of halogens is 1. The predicted octanol–water partition coefficient (Wildman–Crippen LogP) is 3.57. The third-order valence-electron chi connectivity index (χ3n) is 4.35. The number of alkyl halides is 1. The van der Waals surface area contributed by atoms with Crippen molar-refractivity contribution in [3.63, 3.8) is 0 Å². The third-order valence-corrected chi connectivity index (χ3v) is 4.54. The molecule has 2 unspecified atom stereocenters. The molecule has 1 aliphatic rings. The lowest BCUT2D eigenvalue weighted by atomic mass is 10.2. The fourth-order valence-electron chi connectivity index (χ4n) is 3.34. The maximum absolute atomic E-state index is 5.96. The van der Waals surface area contributed by atoms with Gasteiger partial charge in [-0.15, -0.1) is 11.6 Å². The molecule has 2 aromatic rings. The quantitative estimate of drug-likeness (QED) is 0.792. The lowest BCUT2D eigenvalue weighted by molar-refractivity contribution is 0.106. The molecule has 1 heterocycles. The summed E-state index contributed by atoms with van der Waals surface area (Å²) in [5.41, 5.74) is 2.07. The monoisotopic (exact) mass is 308 g/mol. The van der Waals surface area contributed by atoms with Gasteiger partial charge in [0.15, 0.2) is 0 Å². The lowest BCUT2D eigenvalue weighted by Crippen LogP contribution is -2.12. The predicted molar refractivity (Wildman–Crippen MR) is 84.4 cm³/mol. The standard InChI is InChI=1S/C16H21ClN2O2/c1-20-12-7-6-11(10-12)19-13-4-3-5-14(21-2)16(13)18-15(19)8-9-17/h3-5,11-12H,6-10H2,1-2H3. The highest BCUT2D eigenvalue weighted by atomic mass is 35.5. The molecule has 0 bridgehead atoms. The van der Waals surface area contributed by atoms with Crippen LogP contribution in [0.25, 0.3) is 11.0 Å². The van der Waals surface area contributed by atoms with Crippen molar-refractivity contribution in [2.24, 2.45) is 0 Å². The van der Waals surface area contributed by atoms with Crippen LogP contribution in [-0.4, -0.2) is 35.8 Å². The van der Waals surface area contributed by atoms with E-state index >= 15 is 0 Å². The zero-order chi connectivity index (χ0) is 14.8. The molecule has 4 nitrogen and oxygen atoms in total. The van der Waals surface area contributed by atoms with Crippen molar-refractivity contribution >= 4 is 22.6 Å². The minimum Gasteiger partial charge on any atom is -0.494 e. The molecule has 5 heteroatoms. The zero-order valence-electron chi connectivity index (χ0n) is 12.5. The van der Waals surface area contributed by atoms with Crippen LogP contribution in [0.15, 0.2) is 18.2 Å². The molecular weight excluding hydrogens is 288 g/mol. The number of para-hydroxylation sites is 1. The van der Waals surface area contributed by atoms with Crippen LogP contribution in [-0.2, 0) is 11.2 Å². The molecule has 1 aromatic heterocycles. The molecule has 0 aliphatic heterocycles. The van der Waals surface area contributed by atoms with Crippen LogP contribution < -0.4 is 4.74 Å². The van der Waals surface area contributed by atoms with Crippen LogP contribution in [0.1, 0.15) is 31.1 Å². The number of aromatic nitrogens is 2. The number of hydrogen-bond donors (Lipinski definition) is 0. The molecule has 0 N–H and O–H groups in total. The van der Waals surface area contributed by atoms with Crippen molar-refractivity contribution in [1.82, 2.24) is 9.55 Å². The van der Waals surface area contributed by atoms with Crippen molar-refractivity contribution in [2.75, 3.05) is 20.1 Å². The van der Waals surface area contributed by atoms with Crippen LogP contribution in [0, 0.1) is 0 Å². The highest BCUT2D eigenvalue weighted by molar-refractivity contribution is 6.17. The molecule has 21 heavy (non-hydrogen) atoms. The first-order valence-electron chi connectivity index (χ1n) is 7.41. The van der Waals surface area contributed by atoms with E-state index in [1.807, 2.05) is 12.1 Å². The molecule has 1 aromatic carbocycles. The number of nitrogens with zero attached hydrogens (tertiary/aromatic N) is 2. The van der Waals surface area contributed by atoms with Gasteiger partial charge in [0.25, 0.3) is 0 Å². The second-order valence-corrected chi connectivity index (χ2v) is 5.87. The summed E-state index contributed by atoms with van der Waals surface area (Å²) in [6.07, 6.45) is 4.38. The Labute approximate surface area is 130 Å². The molecule has 3 rings (SSSR count). The van der Waals surface area contributed by atoms with Crippen LogP contribution in [0.4, 0.5) is 0 Å². The average molecular weight is 309 g/mol. The Morgan fingerprint density at radius 3 is 2.86 bits per heavy atom. The van der Waals surface area contributed by atoms with Gasteiger partial charge in [-0.05, 0) is 31.4 Å². The number of imidazole rings is 1. The molecule has 2 atom stereocenters. The van der Waals surface area contributed by atoms with Crippen molar-refractivity contribution in [3.8, 4) is 5.75 Å². The first-order chi connectivity index (χ1) is 10.3. The fourth-order valence-corrected chi connectivity index (χ4v) is 3.51. The van der Waals surface area contributed by atoms with E-state index in [-0.39, 0.29) is 0 Å². The van der Waals surface area contributed by atoms with E-state index in [0.717, 1.165) is 48.3 Å². The smallest absolute Gasteiger partial charge is 0.146 e. The summed E-state index contributed by atoms with van der Waals surface area (Å²) in [4.78, 5) is 4.78. The molecule has 0 spiro atoms. The second-order valence-electron chi connectivity index (χ2n) is 5.49. The summed E-state index contributed by atoms with van der Waals surface area (Å²) in [5.74, 6) is 2.45. The van der Waals surface area contributed by atoms with E-state index in [4.69, 9.17) is 26.1 Å². The van der Waals surface area contributed by atoms with Gasteiger partial charge in [-0.2, -0.15) is 0 Å². The maximum atomic E-state index is 5.96. The minimum atomic E-state index is 0.349. The van der Waals surface area contributed by atoms with E-state index in [1.54, 1.807) is 14.2 Å². The fraction of sp³-hybridized carbons (Fsp3) is 0.562. The van der Waals surface area contributed by atoms with E-state index < -0.39 is 0 Å². The van der Waals surface area contributed by atoms with Gasteiger partial charge in [0.1, 0.15) is 17.1 Å². The summed E-state index contributed by atoms with van der Waals surface area (Å²) < 4.78 is 13.3. The average Bonchev–Trinajstić information content (AvgIpc) is 3.10. The Morgan fingerprint density at radius 1 is 1.33 bits per heavy atom. The Balaban J connectivity index is 2.08. The largest absolute Gasteiger partial charge is 0.494 e. The third kappa shape index (κ3) is 2.62. The van der Waals surface area contributed by atoms with Gasteiger partial charge in [0.05, 0.1) is 18.7 Å². The molecule has 114 valence electrons. The number of methoxy groups -OCH3 is 2. The normalized spacial score (nSPS) is 22.0. The van der Waals surface area contributed by atoms with Crippen LogP contribution in [0.3, 0.4) is 0 Å². The topological polar surface area (TPSA) is 36.3 Å². The van der Waals surface area contributed by atoms with Gasteiger partial charge >= 0.3 is 0 Å². The SMILES string of the molecule is COc1cccc2c1nc(CCCl)n2C1CCC(OC)C1. The van der Waals surface area contributed by atoms with Gasteiger partial charge in [-0.1, -0.05) is 6.07 Å². The van der Waals surface area contributed by atoms with Crippen molar-refractivity contribution < 1.29 is 9.47 Å². The number of ether oxygens (including phenoxy) is 2. The lowest BCUT2D eigenvalue weighted by Gasteiger charge is -2.17. The molecule has 0 amide bonds. The summed E-state index contributed by atoms with van der Waals surface area (Å²) in [6.45, 7) is 0. The van der Waals surface area contributed by atoms with Crippen molar-refractivity contribution in [2.45, 2.75) is 37.8 Å². The summed E-state index contributed by atoms with van der Waals surface area (Å²) >= 11 is 5.96. The van der Waals surface area contributed by atoms with E-state index in [2.05, 4.69) is 10.6 Å². The van der Waals surface area contributed by atoms with Crippen molar-refractivity contribution in [3.05, 3.63) is 24.0 Å². The van der Waals surface area contributed by atoms with Crippen LogP contribution >= 0.6 is 11.6 Å². The number of hydrogen-bond acceptors (Lipinski definition) is 3. The number of aryl methyl sites for hydroxylation is 1. The Hall–Kier alpha value is -1.26. The molecular formula is C16H21ClN2O2. The maximum Gasteiger partial charge on any atom is 0.146 e. The number of benzene rings is 1. The van der Waals surface area contributed by atoms with Gasteiger partial charge < -0.3 is 14.0 Å². The summed E-state index contributed by atoms with van der Waals surface area (Å²) in [5, 5.41) is 0. The Bertz CT molecular complexity index is 626. The van der Waals surface area contributed by atoms with E-state index in [0.29, 0.717) is 18.0 Å². The van der Waals surface area contributed by atoms with Crippen LogP contribution in [0.5, 0.6) is 5.75 Å². The Morgan fingerprint density at radius 2 is 2.19 bits per heavy atom. The summed E-state index contributed by atoms with van der Waals surface area (Å²) in [7, 11) is 3.48. The minimum absolute atomic E-state index is 0.349. The van der Waals surface area contributed by atoms with Gasteiger partial charge in [-0.25, -0.2) is 4.98 Å². The Kier molecular flexibility index (Phi) is 4.36. The first-order valence-corrected chi connectivity index (χ1v) is 7.94. The number of fused-ring (bicyclic) bond motifs is 1. The van der Waals surface area contributed by atoms with E-state index in [1.165, 1.54) is 0 Å². The molecule has 1 fully saturated rings. The summed E-state index contributed by atoms with van der Waals surface area (Å²) in [6, 6.07) is 6.52. The highest BCUT2D eigenvalue weighted by Crippen LogP contribution is 2.37. The molecule has 1 aliphatic carbocycles. The highest BCUT2D eigenvalue weighted by Gasteiger charge is 2.29. The van der Waals surface area contributed by atoms with Gasteiger partial charge in [0, 0.05) is 25.5 Å². The second kappa shape index (κ2) is 6.24. The van der Waals surface area contributed by atoms with Gasteiger partial charge in [-0.3, -0.25) is 0 Å². The molecule has 0 radical (unpaired) electrons. The number of rotatable bonds is 5. The first kappa shape index (κ1) is 14.7. The van der Waals surface area contributed by atoms with Crippen molar-refractivity contribution in [1.29, 1.82) is 0 Å². The zero-order valence-corrected chi connectivity index (χ0v) is 13.3. The van der Waals surface area contributed by atoms with Crippen LogP contribution in [0.2, 0.25) is 0 Å². The molecule has 0 saturated heterocycles. The van der Waals surface area contributed by atoms with Gasteiger partial charge in [0.2, 0.25) is 0 Å². The van der Waals surface area contributed by atoms with E-state index in [9.17, 15) is 0 Å².